The van der Waals surface area contributed by atoms with Gasteiger partial charge in [0.25, 0.3) is 5.69 Å². The smallest absolute Gasteiger partial charge is 0.341 e. The van der Waals surface area contributed by atoms with Crippen molar-refractivity contribution in [3.8, 4) is 5.69 Å². The van der Waals surface area contributed by atoms with Crippen LogP contribution < -0.4 is 15.6 Å². The molecule has 3 aromatic rings. The molecule has 2 N–H and O–H groups in total. The number of non-ortho nitro benzene ring substituents is 1. The van der Waals surface area contributed by atoms with E-state index in [4.69, 9.17) is 0 Å². The highest BCUT2D eigenvalue weighted by Crippen LogP contribution is 2.28. The fourth-order valence-electron chi connectivity index (χ4n) is 3.76. The maximum Gasteiger partial charge on any atom is 0.341 e. The molecular formula is C21H19FN4O5. The highest BCUT2D eigenvalue weighted by molar-refractivity contribution is 5.94. The van der Waals surface area contributed by atoms with Crippen molar-refractivity contribution in [3.05, 3.63) is 74.3 Å². The molecule has 0 radical (unpaired) electrons. The van der Waals surface area contributed by atoms with E-state index in [0.717, 1.165) is 19.0 Å². The number of aromatic nitrogens is 1. The molecular weight excluding hydrogens is 407 g/mol. The van der Waals surface area contributed by atoms with Gasteiger partial charge in [0, 0.05) is 49.0 Å². The topological polar surface area (TPSA) is 118 Å². The van der Waals surface area contributed by atoms with Crippen LogP contribution in [0.5, 0.6) is 0 Å². The van der Waals surface area contributed by atoms with Gasteiger partial charge in [-0.3, -0.25) is 14.9 Å². The van der Waals surface area contributed by atoms with Crippen LogP contribution in [-0.2, 0) is 0 Å². The fourth-order valence-corrected chi connectivity index (χ4v) is 3.76. The Morgan fingerprint density at radius 2 is 1.90 bits per heavy atom. The van der Waals surface area contributed by atoms with Crippen LogP contribution in [-0.4, -0.2) is 46.7 Å². The molecule has 0 atom stereocenters. The first kappa shape index (κ1) is 20.5. The molecule has 31 heavy (non-hydrogen) atoms. The second kappa shape index (κ2) is 8.15. The Labute approximate surface area is 175 Å². The number of hydrogen-bond acceptors (Lipinski definition) is 6. The number of nitro groups is 1. The summed E-state index contributed by atoms with van der Waals surface area (Å²) in [6, 6.07) is 8.07. The van der Waals surface area contributed by atoms with Gasteiger partial charge in [0.2, 0.25) is 5.43 Å². The summed E-state index contributed by atoms with van der Waals surface area (Å²) >= 11 is 0. The highest BCUT2D eigenvalue weighted by atomic mass is 19.1. The minimum absolute atomic E-state index is 0.0764. The highest BCUT2D eigenvalue weighted by Gasteiger charge is 2.21. The molecule has 2 aromatic carbocycles. The molecule has 1 aliphatic rings. The summed E-state index contributed by atoms with van der Waals surface area (Å²) in [6.45, 7) is 2.72. The Morgan fingerprint density at radius 3 is 2.58 bits per heavy atom. The van der Waals surface area contributed by atoms with Crippen LogP contribution in [0.25, 0.3) is 16.6 Å². The van der Waals surface area contributed by atoms with Crippen molar-refractivity contribution in [2.24, 2.45) is 0 Å². The van der Waals surface area contributed by atoms with Gasteiger partial charge in [0.15, 0.2) is 0 Å². The first-order valence-corrected chi connectivity index (χ1v) is 9.69. The Morgan fingerprint density at radius 1 is 1.16 bits per heavy atom. The molecule has 0 aliphatic carbocycles. The number of carboxylic acids is 1. The summed E-state index contributed by atoms with van der Waals surface area (Å²) in [5.41, 5.74) is -0.392. The number of halogens is 1. The van der Waals surface area contributed by atoms with Crippen molar-refractivity contribution in [2.75, 3.05) is 31.1 Å². The van der Waals surface area contributed by atoms with E-state index in [9.17, 15) is 29.2 Å². The van der Waals surface area contributed by atoms with Crippen LogP contribution in [0.15, 0.2) is 47.4 Å². The van der Waals surface area contributed by atoms with Gasteiger partial charge in [-0.2, -0.15) is 0 Å². The van der Waals surface area contributed by atoms with Crippen LogP contribution in [0, 0.1) is 15.9 Å². The summed E-state index contributed by atoms with van der Waals surface area (Å²) in [5.74, 6) is -2.05. The zero-order valence-electron chi connectivity index (χ0n) is 16.4. The molecule has 10 heteroatoms. The summed E-state index contributed by atoms with van der Waals surface area (Å²) in [4.78, 5) is 36.6. The number of benzene rings is 2. The van der Waals surface area contributed by atoms with Gasteiger partial charge >= 0.3 is 5.97 Å². The van der Waals surface area contributed by atoms with Crippen LogP contribution in [0.2, 0.25) is 0 Å². The second-order valence-corrected chi connectivity index (χ2v) is 7.23. The van der Waals surface area contributed by atoms with E-state index in [1.54, 1.807) is 0 Å². The first-order chi connectivity index (χ1) is 14.9. The van der Waals surface area contributed by atoms with Gasteiger partial charge in [-0.25, -0.2) is 9.18 Å². The van der Waals surface area contributed by atoms with E-state index in [-0.39, 0.29) is 11.1 Å². The number of anilines is 1. The number of pyridine rings is 1. The van der Waals surface area contributed by atoms with Crippen molar-refractivity contribution >= 4 is 28.2 Å². The molecule has 4 rings (SSSR count). The van der Waals surface area contributed by atoms with Crippen molar-refractivity contribution in [3.63, 3.8) is 0 Å². The number of aromatic carboxylic acids is 1. The number of nitrogens with one attached hydrogen (secondary N) is 1. The largest absolute Gasteiger partial charge is 0.477 e. The van der Waals surface area contributed by atoms with Crippen molar-refractivity contribution in [1.82, 2.24) is 9.88 Å². The SMILES string of the molecule is O=C(O)c1cn(-c2ccc([N+](=O)[O-])cc2)c2cc(N3CCCNCC3)c(F)cc2c1=O. The van der Waals surface area contributed by atoms with Crippen LogP contribution in [0.4, 0.5) is 15.8 Å². The molecule has 0 unspecified atom stereocenters. The third-order valence-electron chi connectivity index (χ3n) is 5.32. The second-order valence-electron chi connectivity index (χ2n) is 7.23. The zero-order chi connectivity index (χ0) is 22.1. The lowest BCUT2D eigenvalue weighted by Gasteiger charge is -2.24. The summed E-state index contributed by atoms with van der Waals surface area (Å²) in [6.07, 6.45) is 1.99. The molecule has 0 bridgehead atoms. The van der Waals surface area contributed by atoms with E-state index < -0.39 is 27.7 Å². The number of fused-ring (bicyclic) bond motifs is 1. The number of rotatable bonds is 4. The predicted octanol–water partition coefficient (Wildman–Crippen LogP) is 2.54. The molecule has 9 nitrogen and oxygen atoms in total. The fraction of sp³-hybridized carbons (Fsp3) is 0.238. The van der Waals surface area contributed by atoms with E-state index >= 15 is 0 Å². The Kier molecular flexibility index (Phi) is 5.38. The van der Waals surface area contributed by atoms with Crippen LogP contribution in [0.3, 0.4) is 0 Å². The van der Waals surface area contributed by atoms with Crippen molar-refractivity contribution in [1.29, 1.82) is 0 Å². The molecule has 160 valence electrons. The molecule has 1 fully saturated rings. The third-order valence-corrected chi connectivity index (χ3v) is 5.32. The van der Waals surface area contributed by atoms with Gasteiger partial charge < -0.3 is 19.9 Å². The number of nitro benzene ring substituents is 1. The average molecular weight is 426 g/mol. The summed E-state index contributed by atoms with van der Waals surface area (Å²) in [5, 5.41) is 23.6. The van der Waals surface area contributed by atoms with Gasteiger partial charge in [0.1, 0.15) is 11.4 Å². The lowest BCUT2D eigenvalue weighted by atomic mass is 10.1. The molecule has 0 saturated carbocycles. The molecule has 1 saturated heterocycles. The lowest BCUT2D eigenvalue weighted by Crippen LogP contribution is -2.29. The molecule has 1 aromatic heterocycles. The van der Waals surface area contributed by atoms with Crippen LogP contribution >= 0.6 is 0 Å². The molecule has 0 amide bonds. The van der Waals surface area contributed by atoms with Crippen molar-refractivity contribution in [2.45, 2.75) is 6.42 Å². The number of nitrogens with zero attached hydrogens (tertiary/aromatic N) is 3. The van der Waals surface area contributed by atoms with Crippen LogP contribution in [0.1, 0.15) is 16.8 Å². The average Bonchev–Trinajstić information content (AvgIpc) is 3.03. The Bertz CT molecular complexity index is 1230. The van der Waals surface area contributed by atoms with Gasteiger partial charge in [-0.15, -0.1) is 0 Å². The molecule has 0 spiro atoms. The maximum atomic E-state index is 15.0. The summed E-state index contributed by atoms with van der Waals surface area (Å²) < 4.78 is 16.4. The maximum absolute atomic E-state index is 15.0. The number of hydrogen-bond donors (Lipinski definition) is 2. The van der Waals surface area contributed by atoms with E-state index in [1.807, 2.05) is 4.90 Å². The Hall–Kier alpha value is -3.79. The zero-order valence-corrected chi connectivity index (χ0v) is 16.4. The van der Waals surface area contributed by atoms with Gasteiger partial charge in [0.05, 0.1) is 16.1 Å². The van der Waals surface area contributed by atoms with Gasteiger partial charge in [-0.1, -0.05) is 0 Å². The Balaban J connectivity index is 1.97. The number of carbonyl (C=O) groups is 1. The van der Waals surface area contributed by atoms with E-state index in [1.165, 1.54) is 41.1 Å². The lowest BCUT2D eigenvalue weighted by molar-refractivity contribution is -0.384. The monoisotopic (exact) mass is 426 g/mol. The molecule has 1 aliphatic heterocycles. The summed E-state index contributed by atoms with van der Waals surface area (Å²) in [7, 11) is 0. The van der Waals surface area contributed by atoms with Crippen molar-refractivity contribution < 1.29 is 19.2 Å². The minimum atomic E-state index is -1.44. The van der Waals surface area contributed by atoms with Gasteiger partial charge in [-0.05, 0) is 37.2 Å². The molecule has 2 heterocycles. The number of carboxylic acid groups (broad SMARTS) is 1. The predicted molar refractivity (Wildman–Crippen MR) is 113 cm³/mol. The third kappa shape index (κ3) is 3.84. The first-order valence-electron chi connectivity index (χ1n) is 9.69. The quantitative estimate of drug-likeness (QED) is 0.486. The normalized spacial score (nSPS) is 14.4. The van der Waals surface area contributed by atoms with E-state index in [0.29, 0.717) is 36.5 Å². The standard InChI is InChI=1S/C21H19FN4O5/c22-17-10-15-18(11-19(17)24-8-1-6-23-7-9-24)25(12-16(20(15)27)21(28)29)13-2-4-14(5-3-13)26(30)31/h2-5,10-12,23H,1,6-9H2,(H,28,29). The minimum Gasteiger partial charge on any atom is -0.477 e. The van der Waals surface area contributed by atoms with E-state index in [2.05, 4.69) is 5.32 Å².